The minimum atomic E-state index is -0.602. The molecule has 0 radical (unpaired) electrons. The van der Waals surface area contributed by atoms with Crippen LogP contribution in [-0.2, 0) is 27.4 Å². The maximum Gasteiger partial charge on any atom is 0.256 e. The first-order valence-corrected chi connectivity index (χ1v) is 15.8. The number of nitrogens with two attached hydrogens (primary N) is 1. The topological polar surface area (TPSA) is 119 Å². The number of morpholine rings is 1. The maximum absolute atomic E-state index is 15.0. The molecule has 2 aliphatic heterocycles. The second-order valence-corrected chi connectivity index (χ2v) is 12.2. The summed E-state index contributed by atoms with van der Waals surface area (Å²) in [6, 6.07) is 9.90. The van der Waals surface area contributed by atoms with Gasteiger partial charge in [-0.1, -0.05) is 32.0 Å². The zero-order valence-electron chi connectivity index (χ0n) is 26.8. The van der Waals surface area contributed by atoms with Crippen LogP contribution in [0.4, 0.5) is 4.39 Å². The van der Waals surface area contributed by atoms with Crippen molar-refractivity contribution in [3.8, 4) is 0 Å². The number of hydrogen-bond acceptors (Lipinski definition) is 6. The van der Waals surface area contributed by atoms with Gasteiger partial charge in [-0.05, 0) is 54.0 Å². The minimum absolute atomic E-state index is 0. The number of likely N-dealkylation sites (tertiary alicyclic amines) is 1. The molecule has 0 saturated carbocycles. The van der Waals surface area contributed by atoms with Gasteiger partial charge in [-0.2, -0.15) is 0 Å². The van der Waals surface area contributed by atoms with Crippen molar-refractivity contribution in [2.75, 3.05) is 53.1 Å². The fourth-order valence-electron chi connectivity index (χ4n) is 6.19. The summed E-state index contributed by atoms with van der Waals surface area (Å²) in [5.41, 5.74) is 9.15. The van der Waals surface area contributed by atoms with E-state index in [2.05, 4.69) is 5.32 Å². The first-order valence-electron chi connectivity index (χ1n) is 15.8. The Hall–Kier alpha value is -3.51. The summed E-state index contributed by atoms with van der Waals surface area (Å²) in [4.78, 5) is 43.6. The van der Waals surface area contributed by atoms with E-state index >= 15 is 4.39 Å². The summed E-state index contributed by atoms with van der Waals surface area (Å²) in [6.07, 6.45) is 3.02. The van der Waals surface area contributed by atoms with Gasteiger partial charge in [0, 0.05) is 69.0 Å². The highest BCUT2D eigenvalue weighted by Crippen LogP contribution is 2.33. The number of benzene rings is 2. The molecule has 2 fully saturated rings. The van der Waals surface area contributed by atoms with E-state index in [9.17, 15) is 14.4 Å². The molecule has 250 valence electrons. The summed E-state index contributed by atoms with van der Waals surface area (Å²) in [5, 5.41) is 3.50. The third-order valence-electron chi connectivity index (χ3n) is 8.97. The molecule has 1 aromatic heterocycles. The summed E-state index contributed by atoms with van der Waals surface area (Å²) < 4.78 is 27.7. The highest BCUT2D eigenvalue weighted by Gasteiger charge is 2.30. The minimum Gasteiger partial charge on any atom is -0.383 e. The molecule has 3 N–H and O–H groups in total. The predicted octanol–water partition coefficient (Wildman–Crippen LogP) is 3.94. The number of halogens is 2. The van der Waals surface area contributed by atoms with Crippen LogP contribution in [0.5, 0.6) is 0 Å². The van der Waals surface area contributed by atoms with E-state index in [1.807, 2.05) is 42.8 Å². The lowest BCUT2D eigenvalue weighted by atomic mass is 9.88. The van der Waals surface area contributed by atoms with Crippen molar-refractivity contribution in [2.24, 2.45) is 11.7 Å². The lowest BCUT2D eigenvalue weighted by Gasteiger charge is -2.32. The van der Waals surface area contributed by atoms with Crippen molar-refractivity contribution in [3.05, 3.63) is 70.7 Å². The molecule has 2 aliphatic rings. The van der Waals surface area contributed by atoms with E-state index in [1.165, 1.54) is 6.07 Å². The monoisotopic (exact) mass is 657 g/mol. The maximum atomic E-state index is 15.0. The summed E-state index contributed by atoms with van der Waals surface area (Å²) >= 11 is 0. The number of nitrogens with one attached hydrogen (secondary N) is 1. The highest BCUT2D eigenvalue weighted by molar-refractivity contribution is 6.15. The van der Waals surface area contributed by atoms with Crippen LogP contribution in [0.25, 0.3) is 10.9 Å². The van der Waals surface area contributed by atoms with Crippen LogP contribution in [0.15, 0.2) is 42.6 Å². The Morgan fingerprint density at radius 1 is 1.02 bits per heavy atom. The summed E-state index contributed by atoms with van der Waals surface area (Å²) in [5.74, 6) is -0.832. The Labute approximate surface area is 275 Å². The van der Waals surface area contributed by atoms with Gasteiger partial charge in [0.15, 0.2) is 0 Å². The van der Waals surface area contributed by atoms with Gasteiger partial charge in [-0.25, -0.2) is 4.39 Å². The number of methoxy groups -OCH3 is 1. The fraction of sp³-hybridized carbons (Fsp3) is 0.500. The van der Waals surface area contributed by atoms with E-state index in [0.29, 0.717) is 87.5 Å². The van der Waals surface area contributed by atoms with Crippen molar-refractivity contribution >= 4 is 41.0 Å². The Morgan fingerprint density at radius 3 is 2.37 bits per heavy atom. The quantitative estimate of drug-likeness (QED) is 0.341. The molecule has 0 aliphatic carbocycles. The number of carbonyl (C=O) groups is 3. The Morgan fingerprint density at radius 2 is 1.70 bits per heavy atom. The number of piperidine rings is 1. The Kier molecular flexibility index (Phi) is 12.2. The van der Waals surface area contributed by atoms with Crippen molar-refractivity contribution in [3.63, 3.8) is 0 Å². The van der Waals surface area contributed by atoms with Crippen LogP contribution < -0.4 is 11.1 Å². The molecule has 3 aromatic rings. The molecule has 0 spiro atoms. The van der Waals surface area contributed by atoms with Gasteiger partial charge >= 0.3 is 0 Å². The summed E-state index contributed by atoms with van der Waals surface area (Å²) in [7, 11) is 1.63. The van der Waals surface area contributed by atoms with Gasteiger partial charge in [0.05, 0.1) is 31.4 Å². The number of amides is 3. The second-order valence-electron chi connectivity index (χ2n) is 12.2. The van der Waals surface area contributed by atoms with Gasteiger partial charge in [0.1, 0.15) is 5.82 Å². The van der Waals surface area contributed by atoms with Crippen LogP contribution >= 0.6 is 12.4 Å². The Bertz CT molecular complexity index is 1530. The molecule has 1 atom stereocenters. The first-order chi connectivity index (χ1) is 21.7. The molecule has 2 aromatic carbocycles. The van der Waals surface area contributed by atoms with Crippen molar-refractivity contribution in [1.82, 2.24) is 19.7 Å². The van der Waals surface area contributed by atoms with Crippen LogP contribution in [0, 0.1) is 11.7 Å². The highest BCUT2D eigenvalue weighted by atomic mass is 35.5. The normalized spacial score (nSPS) is 16.4. The zero-order valence-corrected chi connectivity index (χ0v) is 27.6. The molecule has 3 heterocycles. The van der Waals surface area contributed by atoms with Crippen LogP contribution in [0.3, 0.4) is 0 Å². The van der Waals surface area contributed by atoms with Gasteiger partial charge in [0.2, 0.25) is 5.91 Å². The lowest BCUT2D eigenvalue weighted by molar-refractivity contribution is -0.123. The average molecular weight is 658 g/mol. The van der Waals surface area contributed by atoms with E-state index in [4.69, 9.17) is 15.2 Å². The van der Waals surface area contributed by atoms with Gasteiger partial charge in [0.25, 0.3) is 11.8 Å². The first kappa shape index (κ1) is 35.3. The zero-order chi connectivity index (χ0) is 32.1. The van der Waals surface area contributed by atoms with Crippen molar-refractivity contribution in [1.29, 1.82) is 0 Å². The molecule has 12 heteroatoms. The van der Waals surface area contributed by atoms with E-state index in [-0.39, 0.29) is 54.3 Å². The average Bonchev–Trinajstić information content (AvgIpc) is 3.45. The third-order valence-corrected chi connectivity index (χ3v) is 8.97. The number of nitrogens with zero attached hydrogens (tertiary/aromatic N) is 3. The molecule has 3 amide bonds. The predicted molar refractivity (Wildman–Crippen MR) is 177 cm³/mol. The summed E-state index contributed by atoms with van der Waals surface area (Å²) in [6.45, 7) is 7.95. The smallest absolute Gasteiger partial charge is 0.256 e. The third kappa shape index (κ3) is 7.71. The number of hydrogen-bond donors (Lipinski definition) is 2. The van der Waals surface area contributed by atoms with Gasteiger partial charge in [-0.3, -0.25) is 14.4 Å². The van der Waals surface area contributed by atoms with E-state index < -0.39 is 6.04 Å². The number of ether oxygens (including phenoxy) is 2. The molecular formula is C34H45ClFN5O5. The molecule has 10 nitrogen and oxygen atoms in total. The number of aromatic nitrogens is 1. The van der Waals surface area contributed by atoms with E-state index in [0.717, 1.165) is 11.1 Å². The van der Waals surface area contributed by atoms with Gasteiger partial charge < -0.3 is 34.9 Å². The van der Waals surface area contributed by atoms with Crippen LogP contribution in [0.1, 0.15) is 64.4 Å². The van der Waals surface area contributed by atoms with Crippen LogP contribution in [-0.4, -0.2) is 91.2 Å². The molecular weight excluding hydrogens is 613 g/mol. The molecule has 2 saturated heterocycles. The van der Waals surface area contributed by atoms with Gasteiger partial charge in [-0.15, -0.1) is 12.4 Å². The van der Waals surface area contributed by atoms with Crippen molar-refractivity contribution in [2.45, 2.75) is 51.7 Å². The number of fused-ring (bicyclic) bond motifs is 1. The lowest BCUT2D eigenvalue weighted by Crippen LogP contribution is -2.43. The standard InChI is InChI=1S/C34H44FN5O5.ClH/c1-22(2)31(36)32(41)37-20-23-7-8-28(35)26(19-23)24-9-11-38(12-10-24)34(43)27-21-40(13-16-44-3)29-6-4-5-25(30(27)29)33(42)39-14-17-45-18-15-39;/h4-8,19,21-22,24,31H,9-18,20,36H2,1-3H3,(H,37,41);1H/t31-;/m0./s1. The Balaban J connectivity index is 0.00000480. The van der Waals surface area contributed by atoms with E-state index in [1.54, 1.807) is 29.0 Å². The SMILES string of the molecule is COCCn1cc(C(=O)N2CCC(c3cc(CNC(=O)[C@@H](N)C(C)C)ccc3F)CC2)c2c(C(=O)N3CCOCC3)cccc21.Cl. The number of carbonyl (C=O) groups excluding carboxylic acids is 3. The number of rotatable bonds is 10. The molecule has 5 rings (SSSR count). The second kappa shape index (κ2) is 15.9. The largest absolute Gasteiger partial charge is 0.383 e. The molecule has 0 unspecified atom stereocenters. The molecule has 0 bridgehead atoms. The van der Waals surface area contributed by atoms with Crippen molar-refractivity contribution < 1.29 is 28.2 Å². The van der Waals surface area contributed by atoms with Crippen LogP contribution in [0.2, 0.25) is 0 Å². The fourth-order valence-corrected chi connectivity index (χ4v) is 6.19. The molecule has 46 heavy (non-hydrogen) atoms.